The largest absolute Gasteiger partial charge is 0.469 e. The Morgan fingerprint density at radius 3 is 3.00 bits per heavy atom. The van der Waals surface area contributed by atoms with Crippen molar-refractivity contribution in [3.8, 4) is 0 Å². The van der Waals surface area contributed by atoms with E-state index in [4.69, 9.17) is 10.2 Å². The Balaban J connectivity index is 1.98. The van der Waals surface area contributed by atoms with Crippen LogP contribution >= 0.6 is 0 Å². The van der Waals surface area contributed by atoms with E-state index < -0.39 is 10.2 Å². The van der Waals surface area contributed by atoms with Crippen molar-refractivity contribution in [2.24, 2.45) is 5.73 Å². The first kappa shape index (κ1) is 15.5. The Bertz CT molecular complexity index is 501. The summed E-state index contributed by atoms with van der Waals surface area (Å²) >= 11 is 0. The summed E-state index contributed by atoms with van der Waals surface area (Å²) in [5, 5.41) is 0. The quantitative estimate of drug-likeness (QED) is 0.815. The molecule has 0 aromatic carbocycles. The van der Waals surface area contributed by atoms with Crippen molar-refractivity contribution in [2.45, 2.75) is 44.7 Å². The van der Waals surface area contributed by atoms with Crippen LogP contribution in [0.3, 0.4) is 0 Å². The summed E-state index contributed by atoms with van der Waals surface area (Å²) in [7, 11) is -3.49. The van der Waals surface area contributed by atoms with Crippen LogP contribution in [0.15, 0.2) is 22.8 Å². The molecule has 1 fully saturated rings. The van der Waals surface area contributed by atoms with E-state index in [1.165, 1.54) is 4.31 Å². The molecule has 0 aliphatic carbocycles. The molecule has 1 aliphatic heterocycles. The minimum atomic E-state index is -3.49. The van der Waals surface area contributed by atoms with Crippen LogP contribution in [0.2, 0.25) is 0 Å². The normalized spacial score (nSPS) is 22.8. The van der Waals surface area contributed by atoms with Gasteiger partial charge in [-0.1, -0.05) is 6.42 Å². The van der Waals surface area contributed by atoms with Gasteiger partial charge in [0.1, 0.15) is 5.76 Å². The minimum Gasteiger partial charge on any atom is -0.469 e. The first-order valence-corrected chi connectivity index (χ1v) is 8.48. The summed E-state index contributed by atoms with van der Waals surface area (Å²) in [6.45, 7) is 2.75. The Kier molecular flexibility index (Phi) is 5.20. The van der Waals surface area contributed by atoms with Crippen LogP contribution in [0.5, 0.6) is 0 Å². The van der Waals surface area contributed by atoms with Crippen LogP contribution in [0.25, 0.3) is 0 Å². The number of furan rings is 1. The van der Waals surface area contributed by atoms with Crippen molar-refractivity contribution >= 4 is 10.2 Å². The van der Waals surface area contributed by atoms with E-state index in [1.807, 2.05) is 13.0 Å². The maximum absolute atomic E-state index is 12.4. The van der Waals surface area contributed by atoms with Gasteiger partial charge in [0.15, 0.2) is 0 Å². The standard InChI is InChI=1S/C13H23N3O3S/c1-11(9-13-6-4-8-19-13)15-20(17,18)16-7-3-2-5-12(16)10-14/h4,6,8,11-12,15H,2-3,5,7,9-10,14H2,1H3. The van der Waals surface area contributed by atoms with E-state index in [-0.39, 0.29) is 12.1 Å². The highest BCUT2D eigenvalue weighted by Gasteiger charge is 2.32. The second-order valence-electron chi connectivity index (χ2n) is 5.30. The molecule has 0 bridgehead atoms. The van der Waals surface area contributed by atoms with Crippen molar-refractivity contribution < 1.29 is 12.8 Å². The van der Waals surface area contributed by atoms with Gasteiger partial charge < -0.3 is 10.2 Å². The molecule has 114 valence electrons. The highest BCUT2D eigenvalue weighted by molar-refractivity contribution is 7.87. The molecule has 2 atom stereocenters. The number of hydrogen-bond donors (Lipinski definition) is 2. The first-order valence-electron chi connectivity index (χ1n) is 7.04. The van der Waals surface area contributed by atoms with Gasteiger partial charge in [-0.2, -0.15) is 17.4 Å². The summed E-state index contributed by atoms with van der Waals surface area (Å²) in [6, 6.07) is 3.34. The van der Waals surface area contributed by atoms with Crippen LogP contribution in [0, 0.1) is 0 Å². The first-order chi connectivity index (χ1) is 9.53. The number of nitrogens with two attached hydrogens (primary N) is 1. The molecule has 0 radical (unpaired) electrons. The number of nitrogens with zero attached hydrogens (tertiary/aromatic N) is 1. The highest BCUT2D eigenvalue weighted by atomic mass is 32.2. The predicted molar refractivity (Wildman–Crippen MR) is 77.3 cm³/mol. The van der Waals surface area contributed by atoms with Crippen LogP contribution in [0.4, 0.5) is 0 Å². The van der Waals surface area contributed by atoms with E-state index in [1.54, 1.807) is 12.3 Å². The van der Waals surface area contributed by atoms with Crippen LogP contribution in [0.1, 0.15) is 31.9 Å². The van der Waals surface area contributed by atoms with Crippen LogP contribution < -0.4 is 10.5 Å². The van der Waals surface area contributed by atoms with Crippen LogP contribution in [-0.4, -0.2) is 37.9 Å². The Morgan fingerprint density at radius 2 is 2.35 bits per heavy atom. The van der Waals surface area contributed by atoms with Gasteiger partial charge >= 0.3 is 0 Å². The smallest absolute Gasteiger partial charge is 0.279 e. The van der Waals surface area contributed by atoms with E-state index in [0.29, 0.717) is 19.5 Å². The molecule has 7 heteroatoms. The van der Waals surface area contributed by atoms with Gasteiger partial charge in [-0.3, -0.25) is 0 Å². The minimum absolute atomic E-state index is 0.0861. The summed E-state index contributed by atoms with van der Waals surface area (Å²) in [5.41, 5.74) is 5.68. The molecule has 1 aliphatic rings. The average Bonchev–Trinajstić information content (AvgIpc) is 2.90. The van der Waals surface area contributed by atoms with Crippen molar-refractivity contribution in [2.75, 3.05) is 13.1 Å². The second kappa shape index (κ2) is 6.71. The molecule has 6 nitrogen and oxygen atoms in total. The van der Waals surface area contributed by atoms with Gasteiger partial charge in [-0.25, -0.2) is 0 Å². The molecular weight excluding hydrogens is 278 g/mol. The Labute approximate surface area is 120 Å². The van der Waals surface area contributed by atoms with Gasteiger partial charge in [0, 0.05) is 31.6 Å². The zero-order chi connectivity index (χ0) is 14.6. The molecule has 0 spiro atoms. The lowest BCUT2D eigenvalue weighted by molar-refractivity contribution is 0.253. The number of hydrogen-bond acceptors (Lipinski definition) is 4. The molecule has 1 aromatic heterocycles. The number of piperidine rings is 1. The Hall–Kier alpha value is -0.890. The van der Waals surface area contributed by atoms with Crippen molar-refractivity contribution in [3.63, 3.8) is 0 Å². The van der Waals surface area contributed by atoms with Gasteiger partial charge in [-0.15, -0.1) is 0 Å². The molecule has 0 saturated carbocycles. The predicted octanol–water partition coefficient (Wildman–Crippen LogP) is 0.858. The average molecular weight is 301 g/mol. The molecule has 0 amide bonds. The zero-order valence-electron chi connectivity index (χ0n) is 11.8. The van der Waals surface area contributed by atoms with Crippen molar-refractivity contribution in [1.82, 2.24) is 9.03 Å². The van der Waals surface area contributed by atoms with Gasteiger partial charge in [0.2, 0.25) is 0 Å². The fraction of sp³-hybridized carbons (Fsp3) is 0.692. The lowest BCUT2D eigenvalue weighted by atomic mass is 10.1. The lowest BCUT2D eigenvalue weighted by Gasteiger charge is -2.34. The molecule has 1 aromatic rings. The van der Waals surface area contributed by atoms with Gasteiger partial charge in [0.05, 0.1) is 6.26 Å². The van der Waals surface area contributed by atoms with Crippen LogP contribution in [-0.2, 0) is 16.6 Å². The monoisotopic (exact) mass is 301 g/mol. The van der Waals surface area contributed by atoms with Gasteiger partial charge in [0.25, 0.3) is 10.2 Å². The van der Waals surface area contributed by atoms with Crippen molar-refractivity contribution in [1.29, 1.82) is 0 Å². The maximum atomic E-state index is 12.4. The fourth-order valence-electron chi connectivity index (χ4n) is 2.62. The molecule has 2 unspecified atom stereocenters. The molecule has 3 N–H and O–H groups in total. The molecule has 20 heavy (non-hydrogen) atoms. The third kappa shape index (κ3) is 3.82. The Morgan fingerprint density at radius 1 is 1.55 bits per heavy atom. The van der Waals surface area contributed by atoms with E-state index in [0.717, 1.165) is 25.0 Å². The second-order valence-corrected chi connectivity index (χ2v) is 6.96. The van der Waals surface area contributed by atoms with E-state index in [2.05, 4.69) is 4.72 Å². The topological polar surface area (TPSA) is 88.6 Å². The molecule has 1 saturated heterocycles. The summed E-state index contributed by atoms with van der Waals surface area (Å²) in [5.74, 6) is 0.772. The summed E-state index contributed by atoms with van der Waals surface area (Å²) < 4.78 is 34.3. The summed E-state index contributed by atoms with van der Waals surface area (Å²) in [4.78, 5) is 0. The molecular formula is C13H23N3O3S. The third-order valence-electron chi connectivity index (χ3n) is 3.59. The number of rotatable bonds is 6. The van der Waals surface area contributed by atoms with E-state index >= 15 is 0 Å². The summed E-state index contributed by atoms with van der Waals surface area (Å²) in [6.07, 6.45) is 4.89. The molecule has 2 heterocycles. The third-order valence-corrected chi connectivity index (χ3v) is 5.39. The lowest BCUT2D eigenvalue weighted by Crippen LogP contribution is -2.53. The highest BCUT2D eigenvalue weighted by Crippen LogP contribution is 2.19. The van der Waals surface area contributed by atoms with Crippen molar-refractivity contribution in [3.05, 3.63) is 24.2 Å². The maximum Gasteiger partial charge on any atom is 0.279 e. The SMILES string of the molecule is CC(Cc1ccco1)NS(=O)(=O)N1CCCCC1CN. The van der Waals surface area contributed by atoms with Gasteiger partial charge in [-0.05, 0) is 31.9 Å². The van der Waals surface area contributed by atoms with E-state index in [9.17, 15) is 8.42 Å². The molecule has 2 rings (SSSR count). The fourth-order valence-corrected chi connectivity index (χ4v) is 4.30. The number of nitrogens with one attached hydrogen (secondary N) is 1. The zero-order valence-corrected chi connectivity index (χ0v) is 12.6.